The molecule has 1 heterocycles. The standard InChI is InChI=1S/C25H24F6N4O3/c1-35-18-10-6-5-9-16(18)19(14-7-3-2-4-8-14)33-21(23(35)38)34-22(37)17(13-25(29,30)31)15(20(32)36)11-12-24(26,27)28/h2-10,15,17,21H,11-13H2,1H3,(H2,32,36)(H,34,37)/t15?,17?,21-/m1/s1. The van der Waals surface area contributed by atoms with E-state index in [0.29, 0.717) is 16.8 Å². The maximum atomic E-state index is 13.4. The first kappa shape index (κ1) is 28.7. The van der Waals surface area contributed by atoms with Crippen LogP contribution < -0.4 is 16.0 Å². The first-order chi connectivity index (χ1) is 17.7. The van der Waals surface area contributed by atoms with Crippen LogP contribution in [0.4, 0.5) is 32.0 Å². The zero-order valence-electron chi connectivity index (χ0n) is 20.0. The number of anilines is 1. The number of nitrogens with two attached hydrogens (primary N) is 1. The largest absolute Gasteiger partial charge is 0.389 e. The van der Waals surface area contributed by atoms with Gasteiger partial charge in [0.05, 0.1) is 23.7 Å². The smallest absolute Gasteiger partial charge is 0.369 e. The lowest BCUT2D eigenvalue weighted by Crippen LogP contribution is -2.50. The summed E-state index contributed by atoms with van der Waals surface area (Å²) in [5, 5.41) is 2.12. The van der Waals surface area contributed by atoms with E-state index in [1.807, 2.05) is 0 Å². The van der Waals surface area contributed by atoms with Gasteiger partial charge in [-0.1, -0.05) is 48.5 Å². The first-order valence-corrected chi connectivity index (χ1v) is 11.4. The molecule has 0 bridgehead atoms. The maximum absolute atomic E-state index is 13.4. The summed E-state index contributed by atoms with van der Waals surface area (Å²) in [5.41, 5.74) is 6.82. The van der Waals surface area contributed by atoms with Gasteiger partial charge in [0.25, 0.3) is 5.91 Å². The number of halogens is 6. The van der Waals surface area contributed by atoms with Gasteiger partial charge in [-0.2, -0.15) is 26.3 Å². The van der Waals surface area contributed by atoms with Gasteiger partial charge in [-0.3, -0.25) is 14.4 Å². The lowest BCUT2D eigenvalue weighted by Gasteiger charge is -2.27. The number of amides is 3. The number of nitrogens with zero attached hydrogens (tertiary/aromatic N) is 2. The number of carbonyl (C=O) groups excluding carboxylic acids is 3. The minimum atomic E-state index is -5.02. The fourth-order valence-electron chi connectivity index (χ4n) is 4.21. The highest BCUT2D eigenvalue weighted by atomic mass is 19.4. The Morgan fingerprint density at radius 3 is 2.16 bits per heavy atom. The van der Waals surface area contributed by atoms with E-state index in [1.54, 1.807) is 54.6 Å². The number of hydrogen-bond donors (Lipinski definition) is 2. The van der Waals surface area contributed by atoms with Crippen LogP contribution in [-0.4, -0.2) is 49.0 Å². The lowest BCUT2D eigenvalue weighted by molar-refractivity contribution is -0.164. The van der Waals surface area contributed by atoms with E-state index in [1.165, 1.54) is 7.05 Å². The molecule has 1 aliphatic heterocycles. The van der Waals surface area contributed by atoms with Gasteiger partial charge in [0.15, 0.2) is 0 Å². The third-order valence-corrected chi connectivity index (χ3v) is 6.05. The SMILES string of the molecule is CN1C(=O)[C@@H](NC(=O)C(CC(F)(F)F)C(CCC(F)(F)F)C(N)=O)N=C(c2ccccc2)c2ccccc21. The summed E-state index contributed by atoms with van der Waals surface area (Å²) >= 11 is 0. The number of rotatable bonds is 8. The van der Waals surface area contributed by atoms with Gasteiger partial charge in [-0.25, -0.2) is 4.99 Å². The van der Waals surface area contributed by atoms with Crippen LogP contribution >= 0.6 is 0 Å². The van der Waals surface area contributed by atoms with Crippen LogP contribution in [0.1, 0.15) is 30.4 Å². The van der Waals surface area contributed by atoms with Crippen molar-refractivity contribution in [2.24, 2.45) is 22.6 Å². The van der Waals surface area contributed by atoms with Crippen LogP contribution in [0.5, 0.6) is 0 Å². The highest BCUT2D eigenvalue weighted by molar-refractivity contribution is 6.20. The van der Waals surface area contributed by atoms with Crippen LogP contribution in [0, 0.1) is 11.8 Å². The molecule has 3 N–H and O–H groups in total. The quantitative estimate of drug-likeness (QED) is 0.494. The number of para-hydroxylation sites is 1. The zero-order chi connectivity index (χ0) is 28.3. The fraction of sp³-hybridized carbons (Fsp3) is 0.360. The Bertz CT molecular complexity index is 1210. The summed E-state index contributed by atoms with van der Waals surface area (Å²) in [4.78, 5) is 43.7. The number of aliphatic imine (C=N–C) groups is 1. The van der Waals surface area contributed by atoms with Crippen LogP contribution in [0.25, 0.3) is 0 Å². The van der Waals surface area contributed by atoms with Crippen molar-refractivity contribution < 1.29 is 40.7 Å². The molecule has 0 saturated heterocycles. The molecule has 1 aliphatic rings. The molecule has 13 heteroatoms. The molecule has 0 aromatic heterocycles. The number of benzene rings is 2. The van der Waals surface area contributed by atoms with Gasteiger partial charge < -0.3 is 16.0 Å². The van der Waals surface area contributed by atoms with Crippen molar-refractivity contribution in [2.45, 2.75) is 37.8 Å². The molecule has 3 atom stereocenters. The highest BCUT2D eigenvalue weighted by Gasteiger charge is 2.44. The van der Waals surface area contributed by atoms with E-state index in [4.69, 9.17) is 5.73 Å². The second kappa shape index (κ2) is 11.2. The zero-order valence-corrected chi connectivity index (χ0v) is 20.0. The molecule has 0 saturated carbocycles. The first-order valence-electron chi connectivity index (χ1n) is 11.4. The fourth-order valence-corrected chi connectivity index (χ4v) is 4.21. The van der Waals surface area contributed by atoms with Crippen molar-refractivity contribution in [1.29, 1.82) is 0 Å². The molecular weight excluding hydrogens is 518 g/mol. The number of nitrogens with one attached hydrogen (secondary N) is 1. The molecule has 3 rings (SSSR count). The van der Waals surface area contributed by atoms with E-state index >= 15 is 0 Å². The molecule has 0 fully saturated rings. The minimum Gasteiger partial charge on any atom is -0.369 e. The summed E-state index contributed by atoms with van der Waals surface area (Å²) in [5.74, 6) is -8.18. The van der Waals surface area contributed by atoms with Gasteiger partial charge in [-0.05, 0) is 12.5 Å². The third-order valence-electron chi connectivity index (χ3n) is 6.05. The van der Waals surface area contributed by atoms with Gasteiger partial charge in [-0.15, -0.1) is 0 Å². The second-order valence-corrected chi connectivity index (χ2v) is 8.76. The molecule has 3 amide bonds. The average molecular weight is 542 g/mol. The van der Waals surface area contributed by atoms with E-state index in [0.717, 1.165) is 4.90 Å². The van der Waals surface area contributed by atoms with Gasteiger partial charge in [0, 0.05) is 30.5 Å². The summed E-state index contributed by atoms with van der Waals surface area (Å²) in [6, 6.07) is 15.1. The Labute approximate surface area is 213 Å². The number of primary amides is 1. The number of fused-ring (bicyclic) bond motifs is 1. The minimum absolute atomic E-state index is 0.250. The Hall–Kier alpha value is -3.90. The van der Waals surface area contributed by atoms with Crippen molar-refractivity contribution in [3.05, 3.63) is 65.7 Å². The van der Waals surface area contributed by atoms with Crippen molar-refractivity contribution in [1.82, 2.24) is 5.32 Å². The van der Waals surface area contributed by atoms with Gasteiger partial charge >= 0.3 is 12.4 Å². The Morgan fingerprint density at radius 1 is 0.974 bits per heavy atom. The number of likely N-dealkylation sites (N-methyl/N-ethyl adjacent to an activating group) is 1. The number of alkyl halides is 6. The Balaban J connectivity index is 2.02. The molecular formula is C25H24F6N4O3. The second-order valence-electron chi connectivity index (χ2n) is 8.76. The number of carbonyl (C=O) groups is 3. The number of hydrogen-bond acceptors (Lipinski definition) is 4. The van der Waals surface area contributed by atoms with Crippen molar-refractivity contribution in [2.75, 3.05) is 11.9 Å². The van der Waals surface area contributed by atoms with Crippen molar-refractivity contribution >= 4 is 29.1 Å². The summed E-state index contributed by atoms with van der Waals surface area (Å²) < 4.78 is 78.4. The van der Waals surface area contributed by atoms with Crippen LogP contribution in [-0.2, 0) is 14.4 Å². The van der Waals surface area contributed by atoms with Crippen LogP contribution in [0.3, 0.4) is 0 Å². The molecule has 204 valence electrons. The van der Waals surface area contributed by atoms with E-state index < -0.39 is 67.3 Å². The van der Waals surface area contributed by atoms with Gasteiger partial charge in [0.2, 0.25) is 18.0 Å². The number of benzodiazepines with no additional fused rings is 1. The molecule has 0 spiro atoms. The lowest BCUT2D eigenvalue weighted by atomic mass is 9.84. The van der Waals surface area contributed by atoms with Crippen LogP contribution in [0.2, 0.25) is 0 Å². The van der Waals surface area contributed by atoms with E-state index in [2.05, 4.69) is 10.3 Å². The van der Waals surface area contributed by atoms with Crippen LogP contribution in [0.15, 0.2) is 59.6 Å². The monoisotopic (exact) mass is 542 g/mol. The Morgan fingerprint density at radius 2 is 1.58 bits per heavy atom. The average Bonchev–Trinajstić information content (AvgIpc) is 2.93. The van der Waals surface area contributed by atoms with Crippen molar-refractivity contribution in [3.8, 4) is 0 Å². The van der Waals surface area contributed by atoms with Crippen molar-refractivity contribution in [3.63, 3.8) is 0 Å². The summed E-state index contributed by atoms with van der Waals surface area (Å²) in [6.45, 7) is 0. The van der Waals surface area contributed by atoms with E-state index in [9.17, 15) is 40.7 Å². The highest BCUT2D eigenvalue weighted by Crippen LogP contribution is 2.34. The molecule has 0 radical (unpaired) electrons. The topological polar surface area (TPSA) is 105 Å². The molecule has 2 aromatic carbocycles. The predicted molar refractivity (Wildman–Crippen MR) is 126 cm³/mol. The third kappa shape index (κ3) is 7.11. The predicted octanol–water partition coefficient (Wildman–Crippen LogP) is 3.96. The molecule has 38 heavy (non-hydrogen) atoms. The van der Waals surface area contributed by atoms with Gasteiger partial charge in [0.1, 0.15) is 0 Å². The summed E-state index contributed by atoms with van der Waals surface area (Å²) in [7, 11) is 1.38. The van der Waals surface area contributed by atoms with E-state index in [-0.39, 0.29) is 5.71 Å². The molecule has 2 aromatic rings. The maximum Gasteiger partial charge on any atom is 0.389 e. The summed E-state index contributed by atoms with van der Waals surface area (Å²) in [6.07, 6.45) is -16.2. The normalized spacial score (nSPS) is 17.7. The molecule has 0 aliphatic carbocycles. The molecule has 2 unspecified atom stereocenters. The molecule has 7 nitrogen and oxygen atoms in total. The Kier molecular flexibility index (Phi) is 8.48.